The van der Waals surface area contributed by atoms with Crippen molar-refractivity contribution in [3.63, 3.8) is 0 Å². The van der Waals surface area contributed by atoms with Crippen molar-refractivity contribution < 1.29 is 4.79 Å². The van der Waals surface area contributed by atoms with E-state index >= 15 is 0 Å². The molecule has 0 fully saturated rings. The van der Waals surface area contributed by atoms with Crippen LogP contribution in [0, 0.1) is 5.92 Å². The van der Waals surface area contributed by atoms with E-state index in [1.54, 1.807) is 17.4 Å². The molecule has 30 heavy (non-hydrogen) atoms. The molecule has 3 aromatic rings. The Morgan fingerprint density at radius 2 is 1.87 bits per heavy atom. The van der Waals surface area contributed by atoms with Gasteiger partial charge in [0.2, 0.25) is 5.91 Å². The number of amides is 1. The Bertz CT molecular complexity index is 1000. The average molecular weight is 462 g/mol. The van der Waals surface area contributed by atoms with Crippen LogP contribution in [0.2, 0.25) is 10.0 Å². The van der Waals surface area contributed by atoms with Crippen LogP contribution in [-0.4, -0.2) is 17.4 Å². The Morgan fingerprint density at radius 1 is 1.13 bits per heavy atom. The SMILES string of the molecule is CC(C)Cc1sc(N(CCC(N)=O)Cc2ccccc2)nc1-c1ccc(Cl)c(Cl)c1. The number of hydrogen-bond acceptors (Lipinski definition) is 4. The summed E-state index contributed by atoms with van der Waals surface area (Å²) in [4.78, 5) is 19.7. The topological polar surface area (TPSA) is 59.2 Å². The summed E-state index contributed by atoms with van der Waals surface area (Å²) in [5.74, 6) is 0.157. The van der Waals surface area contributed by atoms with Gasteiger partial charge < -0.3 is 10.6 Å². The lowest BCUT2D eigenvalue weighted by atomic mass is 10.0. The van der Waals surface area contributed by atoms with Gasteiger partial charge in [-0.15, -0.1) is 11.3 Å². The highest BCUT2D eigenvalue weighted by Crippen LogP contribution is 2.37. The zero-order valence-corrected chi connectivity index (χ0v) is 19.4. The normalized spacial score (nSPS) is 11.1. The first-order valence-corrected chi connectivity index (χ1v) is 11.4. The van der Waals surface area contributed by atoms with E-state index in [2.05, 4.69) is 30.9 Å². The lowest BCUT2D eigenvalue weighted by Crippen LogP contribution is -2.27. The Kier molecular flexibility index (Phi) is 7.75. The van der Waals surface area contributed by atoms with Crippen molar-refractivity contribution in [1.82, 2.24) is 4.98 Å². The fourth-order valence-corrected chi connectivity index (χ4v) is 4.76. The maximum absolute atomic E-state index is 11.4. The smallest absolute Gasteiger partial charge is 0.219 e. The summed E-state index contributed by atoms with van der Waals surface area (Å²) in [7, 11) is 0. The van der Waals surface area contributed by atoms with Crippen molar-refractivity contribution in [2.24, 2.45) is 11.7 Å². The lowest BCUT2D eigenvalue weighted by Gasteiger charge is -2.21. The molecular formula is C23H25Cl2N3OS. The third kappa shape index (κ3) is 5.97. The molecule has 3 rings (SSSR count). The monoisotopic (exact) mass is 461 g/mol. The van der Waals surface area contributed by atoms with Crippen LogP contribution in [0.15, 0.2) is 48.5 Å². The Balaban J connectivity index is 2.00. The number of halogens is 2. The van der Waals surface area contributed by atoms with E-state index in [1.807, 2.05) is 30.3 Å². The van der Waals surface area contributed by atoms with Gasteiger partial charge in [-0.25, -0.2) is 4.98 Å². The molecule has 0 aliphatic carbocycles. The molecule has 0 aliphatic rings. The maximum Gasteiger partial charge on any atom is 0.219 e. The summed E-state index contributed by atoms with van der Waals surface area (Å²) in [5, 5.41) is 1.90. The Hall–Kier alpha value is -2.08. The molecule has 0 aliphatic heterocycles. The predicted octanol–water partition coefficient (Wildman–Crippen LogP) is 6.20. The largest absolute Gasteiger partial charge is 0.370 e. The van der Waals surface area contributed by atoms with Crippen LogP contribution in [0.3, 0.4) is 0 Å². The van der Waals surface area contributed by atoms with Crippen LogP contribution < -0.4 is 10.6 Å². The van der Waals surface area contributed by atoms with E-state index in [4.69, 9.17) is 33.9 Å². The molecule has 0 saturated carbocycles. The van der Waals surface area contributed by atoms with Gasteiger partial charge in [0.15, 0.2) is 5.13 Å². The lowest BCUT2D eigenvalue weighted by molar-refractivity contribution is -0.117. The van der Waals surface area contributed by atoms with Gasteiger partial charge in [-0.2, -0.15) is 0 Å². The van der Waals surface area contributed by atoms with E-state index < -0.39 is 0 Å². The Morgan fingerprint density at radius 3 is 2.50 bits per heavy atom. The number of hydrogen-bond donors (Lipinski definition) is 1. The van der Waals surface area contributed by atoms with Crippen molar-refractivity contribution in [2.75, 3.05) is 11.4 Å². The van der Waals surface area contributed by atoms with E-state index in [-0.39, 0.29) is 12.3 Å². The van der Waals surface area contributed by atoms with Gasteiger partial charge in [-0.3, -0.25) is 4.79 Å². The van der Waals surface area contributed by atoms with Crippen molar-refractivity contribution in [3.05, 3.63) is 69.0 Å². The minimum Gasteiger partial charge on any atom is -0.370 e. The molecule has 0 bridgehead atoms. The van der Waals surface area contributed by atoms with Crippen LogP contribution >= 0.6 is 34.5 Å². The first kappa shape index (κ1) is 22.6. The minimum absolute atomic E-state index is 0.272. The molecule has 2 aromatic carbocycles. The quantitative estimate of drug-likeness (QED) is 0.412. The van der Waals surface area contributed by atoms with Gasteiger partial charge in [0.25, 0.3) is 0 Å². The number of benzene rings is 2. The fourth-order valence-electron chi connectivity index (χ4n) is 3.14. The minimum atomic E-state index is -0.322. The van der Waals surface area contributed by atoms with Crippen molar-refractivity contribution >= 4 is 45.6 Å². The molecule has 2 N–H and O–H groups in total. The summed E-state index contributed by atoms with van der Waals surface area (Å²) in [5.41, 5.74) is 8.43. The van der Waals surface area contributed by atoms with Gasteiger partial charge in [0.05, 0.1) is 15.7 Å². The summed E-state index contributed by atoms with van der Waals surface area (Å²) in [6.07, 6.45) is 1.18. The second-order valence-electron chi connectivity index (χ2n) is 7.62. The molecule has 0 unspecified atom stereocenters. The molecule has 0 saturated heterocycles. The highest BCUT2D eigenvalue weighted by molar-refractivity contribution is 7.16. The van der Waals surface area contributed by atoms with E-state index in [0.29, 0.717) is 29.1 Å². The third-order valence-electron chi connectivity index (χ3n) is 4.59. The number of primary amides is 1. The van der Waals surface area contributed by atoms with Gasteiger partial charge >= 0.3 is 0 Å². The number of anilines is 1. The number of rotatable bonds is 9. The number of carbonyl (C=O) groups excluding carboxylic acids is 1. The van der Waals surface area contributed by atoms with Gasteiger partial charge in [-0.05, 0) is 30.0 Å². The zero-order valence-electron chi connectivity index (χ0n) is 17.1. The molecule has 0 atom stereocenters. The number of nitrogens with zero attached hydrogens (tertiary/aromatic N) is 2. The fraction of sp³-hybridized carbons (Fsp3) is 0.304. The van der Waals surface area contributed by atoms with Crippen LogP contribution in [0.1, 0.15) is 30.7 Å². The number of nitrogens with two attached hydrogens (primary N) is 1. The first-order valence-electron chi connectivity index (χ1n) is 9.85. The molecule has 4 nitrogen and oxygen atoms in total. The van der Waals surface area contributed by atoms with Gasteiger partial charge in [0, 0.05) is 30.0 Å². The van der Waals surface area contributed by atoms with Crippen molar-refractivity contribution in [1.29, 1.82) is 0 Å². The molecule has 7 heteroatoms. The second-order valence-corrected chi connectivity index (χ2v) is 9.50. The summed E-state index contributed by atoms with van der Waals surface area (Å²) in [6.45, 7) is 5.54. The highest BCUT2D eigenvalue weighted by Gasteiger charge is 2.20. The summed E-state index contributed by atoms with van der Waals surface area (Å²) in [6, 6.07) is 15.7. The number of carbonyl (C=O) groups is 1. The van der Waals surface area contributed by atoms with Crippen LogP contribution in [-0.2, 0) is 17.8 Å². The molecule has 0 spiro atoms. The van der Waals surface area contributed by atoms with Gasteiger partial charge in [-0.1, -0.05) is 73.4 Å². The standard InChI is InChI=1S/C23H25Cl2N3OS/c1-15(2)12-20-22(17-8-9-18(24)19(25)13-17)27-23(30-20)28(11-10-21(26)29)14-16-6-4-3-5-7-16/h3-9,13,15H,10-12,14H2,1-2H3,(H2,26,29). The van der Waals surface area contributed by atoms with E-state index in [0.717, 1.165) is 28.4 Å². The highest BCUT2D eigenvalue weighted by atomic mass is 35.5. The predicted molar refractivity (Wildman–Crippen MR) is 127 cm³/mol. The number of thiazole rings is 1. The van der Waals surface area contributed by atoms with Crippen LogP contribution in [0.25, 0.3) is 11.3 Å². The van der Waals surface area contributed by atoms with Crippen LogP contribution in [0.5, 0.6) is 0 Å². The van der Waals surface area contributed by atoms with E-state index in [1.165, 1.54) is 4.88 Å². The van der Waals surface area contributed by atoms with Crippen molar-refractivity contribution in [2.45, 2.75) is 33.2 Å². The second kappa shape index (κ2) is 10.3. The first-order chi connectivity index (χ1) is 14.3. The summed E-state index contributed by atoms with van der Waals surface area (Å²) < 4.78 is 0. The molecule has 1 aromatic heterocycles. The third-order valence-corrected chi connectivity index (χ3v) is 6.47. The zero-order chi connectivity index (χ0) is 21.7. The molecule has 1 amide bonds. The molecule has 158 valence electrons. The molecular weight excluding hydrogens is 437 g/mol. The van der Waals surface area contributed by atoms with Crippen LogP contribution in [0.4, 0.5) is 5.13 Å². The molecule has 0 radical (unpaired) electrons. The van der Waals surface area contributed by atoms with E-state index in [9.17, 15) is 4.79 Å². The molecule has 1 heterocycles. The Labute approximate surface area is 191 Å². The average Bonchev–Trinajstić information content (AvgIpc) is 3.11. The van der Waals surface area contributed by atoms with Crippen molar-refractivity contribution in [3.8, 4) is 11.3 Å². The summed E-state index contributed by atoms with van der Waals surface area (Å²) >= 11 is 14.0. The maximum atomic E-state index is 11.4. The van der Waals surface area contributed by atoms with Gasteiger partial charge in [0.1, 0.15) is 0 Å². The number of aromatic nitrogens is 1.